The third kappa shape index (κ3) is 5.32. The van der Waals surface area contributed by atoms with Gasteiger partial charge >= 0.3 is 11.9 Å². The molecular weight excluding hydrogens is 388 g/mol. The van der Waals surface area contributed by atoms with Gasteiger partial charge in [0.05, 0.1) is 5.56 Å². The molecule has 0 aliphatic carbocycles. The minimum absolute atomic E-state index is 0.254. The van der Waals surface area contributed by atoms with Crippen molar-refractivity contribution in [3.05, 3.63) is 65.9 Å². The number of ether oxygens (including phenoxy) is 2. The zero-order chi connectivity index (χ0) is 21.7. The van der Waals surface area contributed by atoms with Gasteiger partial charge in [0, 0.05) is 13.0 Å². The molecule has 3 rings (SSSR count). The van der Waals surface area contributed by atoms with Crippen molar-refractivity contribution in [2.45, 2.75) is 26.9 Å². The van der Waals surface area contributed by atoms with Crippen LogP contribution in [-0.4, -0.2) is 29.1 Å². The molecule has 3 aromatic rings. The van der Waals surface area contributed by atoms with Gasteiger partial charge < -0.3 is 19.3 Å². The average molecular weight is 408 g/mol. The van der Waals surface area contributed by atoms with Crippen molar-refractivity contribution in [3.8, 4) is 16.9 Å². The Balaban J connectivity index is 1.60. The standard InChI is InChI=1S/C22H20N2O6/c1-13-12-20(24-30-13)23-21(26)14(2)28-22(27)18-6-4-16(5-7-18)17-8-10-19(11-9-17)29-15(3)25/h4-12,14H,1-3H3,(H,23,24,26)/t14-/m0/s1. The predicted molar refractivity (Wildman–Crippen MR) is 108 cm³/mol. The van der Waals surface area contributed by atoms with Gasteiger partial charge in [-0.1, -0.05) is 29.4 Å². The van der Waals surface area contributed by atoms with Crippen LogP contribution in [-0.2, 0) is 14.3 Å². The number of anilines is 1. The van der Waals surface area contributed by atoms with Crippen LogP contribution < -0.4 is 10.1 Å². The van der Waals surface area contributed by atoms with E-state index in [-0.39, 0.29) is 11.8 Å². The minimum atomic E-state index is -1.01. The van der Waals surface area contributed by atoms with Crippen LogP contribution in [0.4, 0.5) is 5.82 Å². The summed E-state index contributed by atoms with van der Waals surface area (Å²) in [5, 5.41) is 6.18. The van der Waals surface area contributed by atoms with Crippen LogP contribution in [0.25, 0.3) is 11.1 Å². The molecule has 1 atom stereocenters. The summed E-state index contributed by atoms with van der Waals surface area (Å²) in [7, 11) is 0. The molecule has 0 unspecified atom stereocenters. The Hall–Kier alpha value is -3.94. The summed E-state index contributed by atoms with van der Waals surface area (Å²) in [6.07, 6.45) is -1.01. The molecule has 0 bridgehead atoms. The molecule has 154 valence electrons. The number of benzene rings is 2. The van der Waals surface area contributed by atoms with Gasteiger partial charge in [-0.25, -0.2) is 4.79 Å². The summed E-state index contributed by atoms with van der Waals surface area (Å²) >= 11 is 0. The quantitative estimate of drug-likeness (QED) is 0.489. The van der Waals surface area contributed by atoms with Gasteiger partial charge in [-0.2, -0.15) is 0 Å². The van der Waals surface area contributed by atoms with Crippen molar-refractivity contribution in [3.63, 3.8) is 0 Å². The van der Waals surface area contributed by atoms with E-state index in [1.54, 1.807) is 49.4 Å². The van der Waals surface area contributed by atoms with Gasteiger partial charge in [0.25, 0.3) is 5.91 Å². The summed E-state index contributed by atoms with van der Waals surface area (Å²) in [6, 6.07) is 15.3. The van der Waals surface area contributed by atoms with Crippen molar-refractivity contribution in [1.29, 1.82) is 0 Å². The molecule has 1 N–H and O–H groups in total. The Morgan fingerprint density at radius 1 is 1.00 bits per heavy atom. The molecule has 1 amide bonds. The molecule has 8 heteroatoms. The van der Waals surface area contributed by atoms with E-state index in [2.05, 4.69) is 10.5 Å². The predicted octanol–water partition coefficient (Wildman–Crippen LogP) is 3.76. The lowest BCUT2D eigenvalue weighted by atomic mass is 10.0. The first-order valence-electron chi connectivity index (χ1n) is 9.16. The Kier molecular flexibility index (Phi) is 6.26. The fourth-order valence-corrected chi connectivity index (χ4v) is 2.62. The van der Waals surface area contributed by atoms with Crippen molar-refractivity contribution < 1.29 is 28.4 Å². The number of amides is 1. The number of carbonyl (C=O) groups excluding carboxylic acids is 3. The molecule has 0 fully saturated rings. The van der Waals surface area contributed by atoms with Crippen molar-refractivity contribution in [1.82, 2.24) is 5.16 Å². The SMILES string of the molecule is CC(=O)Oc1ccc(-c2ccc(C(=O)O[C@@H](C)C(=O)Nc3cc(C)on3)cc2)cc1. The first-order chi connectivity index (χ1) is 14.3. The van der Waals surface area contributed by atoms with Crippen LogP contribution in [0.1, 0.15) is 30.0 Å². The van der Waals surface area contributed by atoms with E-state index in [0.29, 0.717) is 17.1 Å². The topological polar surface area (TPSA) is 108 Å². The molecule has 1 heterocycles. The van der Waals surface area contributed by atoms with E-state index < -0.39 is 18.0 Å². The Morgan fingerprint density at radius 2 is 1.60 bits per heavy atom. The van der Waals surface area contributed by atoms with Crippen LogP contribution in [0, 0.1) is 6.92 Å². The zero-order valence-corrected chi connectivity index (χ0v) is 16.7. The van der Waals surface area contributed by atoms with Crippen molar-refractivity contribution in [2.24, 2.45) is 0 Å². The van der Waals surface area contributed by atoms with Gasteiger partial charge in [-0.3, -0.25) is 9.59 Å². The van der Waals surface area contributed by atoms with Crippen molar-refractivity contribution in [2.75, 3.05) is 5.32 Å². The minimum Gasteiger partial charge on any atom is -0.449 e. The molecule has 0 radical (unpaired) electrons. The number of carbonyl (C=O) groups is 3. The van der Waals surface area contributed by atoms with E-state index in [4.69, 9.17) is 14.0 Å². The molecule has 0 spiro atoms. The fourth-order valence-electron chi connectivity index (χ4n) is 2.62. The number of rotatable bonds is 6. The molecule has 0 aliphatic heterocycles. The van der Waals surface area contributed by atoms with Crippen LogP contribution in [0.3, 0.4) is 0 Å². The van der Waals surface area contributed by atoms with E-state index in [1.807, 2.05) is 12.1 Å². The van der Waals surface area contributed by atoms with Gasteiger partial charge in [0.2, 0.25) is 0 Å². The maximum atomic E-state index is 12.3. The number of esters is 2. The van der Waals surface area contributed by atoms with E-state index in [0.717, 1.165) is 11.1 Å². The summed E-state index contributed by atoms with van der Waals surface area (Å²) < 4.78 is 15.1. The molecule has 1 aromatic heterocycles. The van der Waals surface area contributed by atoms with Gasteiger partial charge in [-0.05, 0) is 49.2 Å². The second-order valence-corrected chi connectivity index (χ2v) is 6.55. The van der Waals surface area contributed by atoms with Crippen LogP contribution in [0.5, 0.6) is 5.75 Å². The number of hydrogen-bond acceptors (Lipinski definition) is 7. The van der Waals surface area contributed by atoms with Gasteiger partial charge in [-0.15, -0.1) is 0 Å². The van der Waals surface area contributed by atoms with Crippen LogP contribution in [0.2, 0.25) is 0 Å². The summed E-state index contributed by atoms with van der Waals surface area (Å²) in [4.78, 5) is 35.4. The highest BCUT2D eigenvalue weighted by Gasteiger charge is 2.20. The largest absolute Gasteiger partial charge is 0.449 e. The first kappa shape index (κ1) is 20.8. The Morgan fingerprint density at radius 3 is 2.13 bits per heavy atom. The molecule has 30 heavy (non-hydrogen) atoms. The molecule has 8 nitrogen and oxygen atoms in total. The molecule has 0 saturated heterocycles. The maximum absolute atomic E-state index is 12.3. The number of aryl methyl sites for hydroxylation is 1. The lowest BCUT2D eigenvalue weighted by molar-refractivity contribution is -0.131. The average Bonchev–Trinajstić information content (AvgIpc) is 3.12. The monoisotopic (exact) mass is 408 g/mol. The smallest absolute Gasteiger partial charge is 0.338 e. The summed E-state index contributed by atoms with van der Waals surface area (Å²) in [5.41, 5.74) is 2.07. The zero-order valence-electron chi connectivity index (χ0n) is 16.7. The van der Waals surface area contributed by atoms with Gasteiger partial charge in [0.15, 0.2) is 11.9 Å². The third-order valence-electron chi connectivity index (χ3n) is 4.10. The second kappa shape index (κ2) is 9.04. The molecular formula is C22H20N2O6. The maximum Gasteiger partial charge on any atom is 0.338 e. The van der Waals surface area contributed by atoms with E-state index in [1.165, 1.54) is 13.8 Å². The lowest BCUT2D eigenvalue weighted by Crippen LogP contribution is -2.30. The summed E-state index contributed by atoms with van der Waals surface area (Å²) in [5.74, 6) is -0.253. The van der Waals surface area contributed by atoms with E-state index in [9.17, 15) is 14.4 Å². The van der Waals surface area contributed by atoms with Gasteiger partial charge in [0.1, 0.15) is 11.5 Å². The Labute approximate surface area is 172 Å². The number of aromatic nitrogens is 1. The molecule has 0 saturated carbocycles. The molecule has 2 aromatic carbocycles. The third-order valence-corrected chi connectivity index (χ3v) is 4.10. The highest BCUT2D eigenvalue weighted by molar-refractivity contribution is 5.97. The molecule has 0 aliphatic rings. The second-order valence-electron chi connectivity index (χ2n) is 6.55. The van der Waals surface area contributed by atoms with Crippen LogP contribution >= 0.6 is 0 Å². The normalized spacial score (nSPS) is 11.4. The Bertz CT molecular complexity index is 1050. The highest BCUT2D eigenvalue weighted by Crippen LogP contribution is 2.23. The first-order valence-corrected chi connectivity index (χ1v) is 9.16. The number of nitrogens with one attached hydrogen (secondary N) is 1. The number of nitrogens with zero attached hydrogens (tertiary/aromatic N) is 1. The van der Waals surface area contributed by atoms with Crippen LogP contribution in [0.15, 0.2) is 59.1 Å². The highest BCUT2D eigenvalue weighted by atomic mass is 16.5. The summed E-state index contributed by atoms with van der Waals surface area (Å²) in [6.45, 7) is 4.51. The fraction of sp³-hybridized carbons (Fsp3) is 0.182. The number of hydrogen-bond donors (Lipinski definition) is 1. The van der Waals surface area contributed by atoms with E-state index >= 15 is 0 Å². The lowest BCUT2D eigenvalue weighted by Gasteiger charge is -2.12. The van der Waals surface area contributed by atoms with Crippen molar-refractivity contribution >= 4 is 23.7 Å².